The molecule has 2 nitrogen and oxygen atoms in total. The van der Waals surface area contributed by atoms with Crippen LogP contribution in [0.4, 0.5) is 8.78 Å². The van der Waals surface area contributed by atoms with Gasteiger partial charge >= 0.3 is 0 Å². The van der Waals surface area contributed by atoms with Crippen molar-refractivity contribution in [3.8, 4) is 0 Å². The lowest BCUT2D eigenvalue weighted by atomic mass is 10.0. The summed E-state index contributed by atoms with van der Waals surface area (Å²) in [5, 5.41) is 9.51. The maximum Gasteiger partial charge on any atom is 0.126 e. The highest BCUT2D eigenvalue weighted by molar-refractivity contribution is 5.20. The summed E-state index contributed by atoms with van der Waals surface area (Å²) >= 11 is 0. The van der Waals surface area contributed by atoms with Gasteiger partial charge in [0.1, 0.15) is 11.6 Å². The summed E-state index contributed by atoms with van der Waals surface area (Å²) in [4.78, 5) is 0. The van der Waals surface area contributed by atoms with Gasteiger partial charge in [-0.3, -0.25) is 0 Å². The summed E-state index contributed by atoms with van der Waals surface area (Å²) in [5.74, 6) is -1.35. The fraction of sp³-hybridized carbons (Fsp3) is 0.400. The van der Waals surface area contributed by atoms with E-state index in [0.717, 1.165) is 18.2 Å². The molecule has 0 aliphatic carbocycles. The molecule has 0 spiro atoms. The van der Waals surface area contributed by atoms with Crippen LogP contribution in [0.2, 0.25) is 0 Å². The Bertz CT molecular complexity index is 284. The number of nitrogens with two attached hydrogens (primary N) is 1. The van der Waals surface area contributed by atoms with Crippen LogP contribution in [-0.2, 0) is 0 Å². The molecule has 4 heteroatoms. The van der Waals surface area contributed by atoms with E-state index in [0.29, 0.717) is 19.4 Å². The van der Waals surface area contributed by atoms with Gasteiger partial charge in [-0.25, -0.2) is 8.78 Å². The molecule has 14 heavy (non-hydrogen) atoms. The zero-order chi connectivity index (χ0) is 10.6. The van der Waals surface area contributed by atoms with Crippen LogP contribution >= 0.6 is 0 Å². The second-order valence-corrected chi connectivity index (χ2v) is 3.15. The molecule has 3 N–H and O–H groups in total. The predicted molar refractivity (Wildman–Crippen MR) is 49.6 cm³/mol. The Hall–Kier alpha value is -1.00. The Morgan fingerprint density at radius 2 is 1.79 bits per heavy atom. The van der Waals surface area contributed by atoms with Crippen LogP contribution in [0.3, 0.4) is 0 Å². The number of aliphatic hydroxyl groups is 1. The first-order valence-electron chi connectivity index (χ1n) is 4.47. The molecule has 1 aromatic carbocycles. The second-order valence-electron chi connectivity index (χ2n) is 3.15. The number of hydrogen-bond acceptors (Lipinski definition) is 2. The number of hydrogen-bond donors (Lipinski definition) is 2. The lowest BCUT2D eigenvalue weighted by molar-refractivity contribution is 0.164. The van der Waals surface area contributed by atoms with E-state index >= 15 is 0 Å². The smallest absolute Gasteiger partial charge is 0.126 e. The molecule has 0 aliphatic heterocycles. The van der Waals surface area contributed by atoms with E-state index in [-0.39, 0.29) is 5.56 Å². The Morgan fingerprint density at radius 3 is 2.29 bits per heavy atom. The van der Waals surface area contributed by atoms with Gasteiger partial charge in [0, 0.05) is 6.07 Å². The number of rotatable bonds is 4. The molecule has 0 aliphatic rings. The fourth-order valence-electron chi connectivity index (χ4n) is 1.25. The molecule has 1 aromatic rings. The van der Waals surface area contributed by atoms with E-state index in [1.54, 1.807) is 0 Å². The van der Waals surface area contributed by atoms with Crippen LogP contribution in [0.15, 0.2) is 18.2 Å². The van der Waals surface area contributed by atoms with E-state index in [9.17, 15) is 13.9 Å². The molecule has 0 aromatic heterocycles. The Balaban J connectivity index is 2.73. The van der Waals surface area contributed by atoms with Gasteiger partial charge in [0.15, 0.2) is 0 Å². The second kappa shape index (κ2) is 5.02. The zero-order valence-corrected chi connectivity index (χ0v) is 7.71. The lowest BCUT2D eigenvalue weighted by Gasteiger charge is -2.10. The van der Waals surface area contributed by atoms with Crippen molar-refractivity contribution in [1.29, 1.82) is 0 Å². The van der Waals surface area contributed by atoms with Gasteiger partial charge in [0.2, 0.25) is 0 Å². The average molecular weight is 201 g/mol. The van der Waals surface area contributed by atoms with Crippen molar-refractivity contribution < 1.29 is 13.9 Å². The quantitative estimate of drug-likeness (QED) is 0.779. The molecule has 1 atom stereocenters. The molecule has 78 valence electrons. The van der Waals surface area contributed by atoms with Crippen molar-refractivity contribution in [2.24, 2.45) is 5.73 Å². The van der Waals surface area contributed by atoms with E-state index in [1.807, 2.05) is 0 Å². The van der Waals surface area contributed by atoms with Crippen molar-refractivity contribution in [2.45, 2.75) is 18.9 Å². The van der Waals surface area contributed by atoms with Gasteiger partial charge in [-0.1, -0.05) is 0 Å². The van der Waals surface area contributed by atoms with Crippen LogP contribution in [-0.4, -0.2) is 11.7 Å². The van der Waals surface area contributed by atoms with E-state index < -0.39 is 17.7 Å². The first kappa shape index (κ1) is 11.1. The average Bonchev–Trinajstić information content (AvgIpc) is 2.12. The van der Waals surface area contributed by atoms with Crippen molar-refractivity contribution in [1.82, 2.24) is 0 Å². The summed E-state index contributed by atoms with van der Waals surface area (Å²) < 4.78 is 25.5. The summed E-state index contributed by atoms with van der Waals surface area (Å²) in [5.41, 5.74) is 5.52. The number of aliphatic hydroxyl groups excluding tert-OH is 1. The minimum atomic E-state index is -0.844. The van der Waals surface area contributed by atoms with Gasteiger partial charge in [-0.05, 0) is 37.1 Å². The van der Waals surface area contributed by atoms with Gasteiger partial charge in [-0.2, -0.15) is 0 Å². The van der Waals surface area contributed by atoms with E-state index in [4.69, 9.17) is 5.73 Å². The molecule has 0 bridgehead atoms. The topological polar surface area (TPSA) is 46.2 Å². The molecular weight excluding hydrogens is 188 g/mol. The third-order valence-electron chi connectivity index (χ3n) is 1.95. The summed E-state index contributed by atoms with van der Waals surface area (Å²) in [6, 6.07) is 3.04. The first-order chi connectivity index (χ1) is 6.63. The molecule has 0 radical (unpaired) electrons. The molecular formula is C10H13F2NO. The minimum absolute atomic E-state index is 0.260. The Labute approximate surface area is 81.4 Å². The number of benzene rings is 1. The van der Waals surface area contributed by atoms with Crippen LogP contribution in [0.5, 0.6) is 0 Å². The fourth-order valence-corrected chi connectivity index (χ4v) is 1.25. The molecule has 0 saturated carbocycles. The summed E-state index contributed by atoms with van der Waals surface area (Å²) in [6.07, 6.45) is 0.197. The maximum atomic E-state index is 12.7. The van der Waals surface area contributed by atoms with Crippen molar-refractivity contribution in [3.63, 3.8) is 0 Å². The molecule has 1 rings (SSSR count). The van der Waals surface area contributed by atoms with E-state index in [1.165, 1.54) is 0 Å². The number of halogens is 2. The highest BCUT2D eigenvalue weighted by Gasteiger charge is 2.09. The monoisotopic (exact) mass is 201 g/mol. The minimum Gasteiger partial charge on any atom is -0.388 e. The lowest BCUT2D eigenvalue weighted by Crippen LogP contribution is -2.04. The Kier molecular flexibility index (Phi) is 3.98. The predicted octanol–water partition coefficient (Wildman–Crippen LogP) is 1.74. The van der Waals surface area contributed by atoms with Gasteiger partial charge in [0.25, 0.3) is 0 Å². The third kappa shape index (κ3) is 3.05. The standard InChI is InChI=1S/C10H13F2NO/c11-8-4-7(5-9(12)6-8)10(14)2-1-3-13/h4-6,10,14H,1-3,13H2. The summed E-state index contributed by atoms with van der Waals surface area (Å²) in [7, 11) is 0. The van der Waals surface area contributed by atoms with Gasteiger partial charge in [0.05, 0.1) is 6.10 Å². The van der Waals surface area contributed by atoms with Crippen molar-refractivity contribution in [2.75, 3.05) is 6.54 Å². The van der Waals surface area contributed by atoms with Crippen molar-refractivity contribution in [3.05, 3.63) is 35.4 Å². The molecule has 0 amide bonds. The van der Waals surface area contributed by atoms with Crippen LogP contribution in [0, 0.1) is 11.6 Å². The zero-order valence-electron chi connectivity index (χ0n) is 7.71. The van der Waals surface area contributed by atoms with Crippen LogP contribution in [0.25, 0.3) is 0 Å². The third-order valence-corrected chi connectivity index (χ3v) is 1.95. The molecule has 0 saturated heterocycles. The highest BCUT2D eigenvalue weighted by Crippen LogP contribution is 2.19. The molecule has 0 heterocycles. The molecule has 1 unspecified atom stereocenters. The maximum absolute atomic E-state index is 12.7. The normalized spacial score (nSPS) is 12.9. The van der Waals surface area contributed by atoms with Crippen LogP contribution < -0.4 is 5.73 Å². The van der Waals surface area contributed by atoms with Crippen LogP contribution in [0.1, 0.15) is 24.5 Å². The van der Waals surface area contributed by atoms with Crippen molar-refractivity contribution >= 4 is 0 Å². The highest BCUT2D eigenvalue weighted by atomic mass is 19.1. The molecule has 0 fully saturated rings. The van der Waals surface area contributed by atoms with Gasteiger partial charge in [-0.15, -0.1) is 0 Å². The Morgan fingerprint density at radius 1 is 1.21 bits per heavy atom. The largest absolute Gasteiger partial charge is 0.388 e. The first-order valence-corrected chi connectivity index (χ1v) is 4.47. The summed E-state index contributed by atoms with van der Waals surface area (Å²) in [6.45, 7) is 0.453. The SMILES string of the molecule is NCCCC(O)c1cc(F)cc(F)c1. The van der Waals surface area contributed by atoms with E-state index in [2.05, 4.69) is 0 Å². The van der Waals surface area contributed by atoms with Gasteiger partial charge < -0.3 is 10.8 Å².